The molecule has 0 saturated carbocycles. The SMILES string of the molecule is Cc1cc(C2(O)OCC(C)(C)NC2C)cc(F)c1C. The third-order valence-electron chi connectivity index (χ3n) is 3.86. The van der Waals surface area contributed by atoms with Gasteiger partial charge in [-0.1, -0.05) is 6.07 Å². The first kappa shape index (κ1) is 14.4. The second kappa shape index (κ2) is 4.54. The quantitative estimate of drug-likeness (QED) is 0.821. The predicted octanol–water partition coefficient (Wildman–Crippen LogP) is 2.37. The third kappa shape index (κ3) is 2.53. The Balaban J connectivity index is 2.41. The van der Waals surface area contributed by atoms with Gasteiger partial charge in [0.2, 0.25) is 5.79 Å². The van der Waals surface area contributed by atoms with E-state index < -0.39 is 5.79 Å². The molecule has 0 radical (unpaired) electrons. The molecule has 1 heterocycles. The van der Waals surface area contributed by atoms with E-state index in [0.29, 0.717) is 17.7 Å². The lowest BCUT2D eigenvalue weighted by molar-refractivity contribution is -0.263. The van der Waals surface area contributed by atoms with Gasteiger partial charge < -0.3 is 15.2 Å². The highest BCUT2D eigenvalue weighted by atomic mass is 19.1. The molecule has 2 rings (SSSR count). The summed E-state index contributed by atoms with van der Waals surface area (Å²) >= 11 is 0. The molecular formula is C15H22FNO2. The number of rotatable bonds is 1. The highest BCUT2D eigenvalue weighted by Crippen LogP contribution is 2.34. The summed E-state index contributed by atoms with van der Waals surface area (Å²) in [6, 6.07) is 2.83. The molecule has 0 aromatic heterocycles. The minimum atomic E-state index is -1.49. The van der Waals surface area contributed by atoms with Crippen molar-refractivity contribution in [2.45, 2.75) is 52.0 Å². The van der Waals surface area contributed by atoms with Gasteiger partial charge in [-0.2, -0.15) is 0 Å². The van der Waals surface area contributed by atoms with Crippen LogP contribution in [0.5, 0.6) is 0 Å². The molecule has 1 aliphatic heterocycles. The van der Waals surface area contributed by atoms with Crippen molar-refractivity contribution in [1.29, 1.82) is 0 Å². The highest BCUT2D eigenvalue weighted by Gasteiger charge is 2.45. The van der Waals surface area contributed by atoms with Crippen LogP contribution < -0.4 is 5.32 Å². The van der Waals surface area contributed by atoms with Crippen molar-refractivity contribution in [2.75, 3.05) is 6.61 Å². The lowest BCUT2D eigenvalue weighted by atomic mass is 9.91. The Morgan fingerprint density at radius 2 is 2.00 bits per heavy atom. The predicted molar refractivity (Wildman–Crippen MR) is 72.4 cm³/mol. The van der Waals surface area contributed by atoms with E-state index in [1.807, 2.05) is 27.7 Å². The van der Waals surface area contributed by atoms with Crippen LogP contribution in [0.3, 0.4) is 0 Å². The molecule has 0 amide bonds. The first-order valence-corrected chi connectivity index (χ1v) is 6.57. The van der Waals surface area contributed by atoms with Crippen molar-refractivity contribution in [3.05, 3.63) is 34.6 Å². The highest BCUT2D eigenvalue weighted by molar-refractivity contribution is 5.34. The molecule has 0 aliphatic carbocycles. The van der Waals surface area contributed by atoms with Crippen LogP contribution in [0.1, 0.15) is 37.5 Å². The number of nitrogens with one attached hydrogen (secondary N) is 1. The van der Waals surface area contributed by atoms with E-state index in [1.54, 1.807) is 13.0 Å². The van der Waals surface area contributed by atoms with Gasteiger partial charge in [-0.05, 0) is 51.8 Å². The van der Waals surface area contributed by atoms with Gasteiger partial charge in [0.15, 0.2) is 0 Å². The van der Waals surface area contributed by atoms with Crippen molar-refractivity contribution in [2.24, 2.45) is 0 Å². The van der Waals surface area contributed by atoms with Gasteiger partial charge in [0, 0.05) is 11.1 Å². The van der Waals surface area contributed by atoms with E-state index in [0.717, 1.165) is 5.56 Å². The number of halogens is 1. The van der Waals surface area contributed by atoms with Crippen LogP contribution in [0.4, 0.5) is 4.39 Å². The molecule has 2 N–H and O–H groups in total. The van der Waals surface area contributed by atoms with Crippen LogP contribution in [0.15, 0.2) is 12.1 Å². The van der Waals surface area contributed by atoms with Crippen molar-refractivity contribution in [3.63, 3.8) is 0 Å². The topological polar surface area (TPSA) is 41.5 Å². The zero-order valence-corrected chi connectivity index (χ0v) is 12.2. The van der Waals surface area contributed by atoms with Crippen LogP contribution >= 0.6 is 0 Å². The number of benzene rings is 1. The molecule has 1 aromatic carbocycles. The summed E-state index contributed by atoms with van der Waals surface area (Å²) in [5.41, 5.74) is 1.67. The van der Waals surface area contributed by atoms with Crippen LogP contribution in [0.25, 0.3) is 0 Å². The summed E-state index contributed by atoms with van der Waals surface area (Å²) in [6.07, 6.45) is 0. The van der Waals surface area contributed by atoms with E-state index in [4.69, 9.17) is 4.74 Å². The Kier molecular flexibility index (Phi) is 3.45. The van der Waals surface area contributed by atoms with Crippen LogP contribution in [0.2, 0.25) is 0 Å². The Hall–Kier alpha value is -0.970. The van der Waals surface area contributed by atoms with Gasteiger partial charge in [-0.3, -0.25) is 0 Å². The molecule has 0 spiro atoms. The van der Waals surface area contributed by atoms with Gasteiger partial charge in [-0.25, -0.2) is 4.39 Å². The maximum absolute atomic E-state index is 13.9. The summed E-state index contributed by atoms with van der Waals surface area (Å²) in [5, 5.41) is 14.0. The maximum Gasteiger partial charge on any atom is 0.208 e. The summed E-state index contributed by atoms with van der Waals surface area (Å²) in [4.78, 5) is 0. The summed E-state index contributed by atoms with van der Waals surface area (Å²) in [5.74, 6) is -1.81. The maximum atomic E-state index is 13.9. The molecular weight excluding hydrogens is 245 g/mol. The van der Waals surface area contributed by atoms with Crippen LogP contribution in [-0.4, -0.2) is 23.3 Å². The van der Waals surface area contributed by atoms with Gasteiger partial charge >= 0.3 is 0 Å². The molecule has 1 fully saturated rings. The Morgan fingerprint density at radius 3 is 2.53 bits per heavy atom. The minimum Gasteiger partial charge on any atom is -0.361 e. The first-order chi connectivity index (χ1) is 8.66. The van der Waals surface area contributed by atoms with E-state index in [2.05, 4.69) is 5.32 Å². The van der Waals surface area contributed by atoms with Gasteiger partial charge in [-0.15, -0.1) is 0 Å². The molecule has 0 bridgehead atoms. The molecule has 2 atom stereocenters. The second-order valence-corrected chi connectivity index (χ2v) is 6.13. The van der Waals surface area contributed by atoms with E-state index in [1.165, 1.54) is 6.07 Å². The summed E-state index contributed by atoms with van der Waals surface area (Å²) in [7, 11) is 0. The van der Waals surface area contributed by atoms with Crippen molar-refractivity contribution in [3.8, 4) is 0 Å². The van der Waals surface area contributed by atoms with Crippen LogP contribution in [0, 0.1) is 19.7 Å². The Labute approximate surface area is 113 Å². The zero-order valence-electron chi connectivity index (χ0n) is 12.2. The average Bonchev–Trinajstić information content (AvgIpc) is 2.30. The second-order valence-electron chi connectivity index (χ2n) is 6.13. The van der Waals surface area contributed by atoms with Crippen molar-refractivity contribution in [1.82, 2.24) is 5.32 Å². The largest absolute Gasteiger partial charge is 0.361 e. The Morgan fingerprint density at radius 1 is 1.37 bits per heavy atom. The molecule has 1 aromatic rings. The number of hydrogen-bond donors (Lipinski definition) is 2. The van der Waals surface area contributed by atoms with E-state index in [9.17, 15) is 9.50 Å². The molecule has 4 heteroatoms. The normalized spacial score (nSPS) is 30.4. The minimum absolute atomic E-state index is 0.204. The fourth-order valence-corrected chi connectivity index (χ4v) is 2.50. The van der Waals surface area contributed by atoms with Crippen LogP contribution in [-0.2, 0) is 10.5 Å². The van der Waals surface area contributed by atoms with Gasteiger partial charge in [0.1, 0.15) is 5.82 Å². The fraction of sp³-hybridized carbons (Fsp3) is 0.600. The fourth-order valence-electron chi connectivity index (χ4n) is 2.50. The summed E-state index contributed by atoms with van der Waals surface area (Å²) in [6.45, 7) is 9.77. The molecule has 1 aliphatic rings. The van der Waals surface area contributed by atoms with Crippen molar-refractivity contribution < 1.29 is 14.2 Å². The average molecular weight is 267 g/mol. The lowest BCUT2D eigenvalue weighted by Crippen LogP contribution is -2.63. The van der Waals surface area contributed by atoms with E-state index in [-0.39, 0.29) is 17.4 Å². The number of morpholine rings is 1. The zero-order chi connectivity index (χ0) is 14.4. The van der Waals surface area contributed by atoms with E-state index >= 15 is 0 Å². The molecule has 3 nitrogen and oxygen atoms in total. The molecule has 1 saturated heterocycles. The number of ether oxygens (including phenoxy) is 1. The standard InChI is InChI=1S/C15H22FNO2/c1-9-6-12(7-13(16)10(9)2)15(18)11(3)17-14(4,5)8-19-15/h6-7,11,17-18H,8H2,1-5H3. The van der Waals surface area contributed by atoms with Gasteiger partial charge in [0.05, 0.1) is 12.6 Å². The monoisotopic (exact) mass is 267 g/mol. The first-order valence-electron chi connectivity index (χ1n) is 6.57. The summed E-state index contributed by atoms with van der Waals surface area (Å²) < 4.78 is 19.5. The number of aryl methyl sites for hydroxylation is 1. The number of aliphatic hydroxyl groups is 1. The van der Waals surface area contributed by atoms with Crippen molar-refractivity contribution >= 4 is 0 Å². The third-order valence-corrected chi connectivity index (χ3v) is 3.86. The smallest absolute Gasteiger partial charge is 0.208 e. The molecule has 19 heavy (non-hydrogen) atoms. The molecule has 106 valence electrons. The van der Waals surface area contributed by atoms with Gasteiger partial charge in [0.25, 0.3) is 0 Å². The number of hydrogen-bond acceptors (Lipinski definition) is 3. The Bertz CT molecular complexity index is 478. The lowest BCUT2D eigenvalue weighted by Gasteiger charge is -2.46. The molecule has 2 unspecified atom stereocenters.